The Labute approximate surface area is 88.6 Å². The summed E-state index contributed by atoms with van der Waals surface area (Å²) in [5, 5.41) is 0.534. The van der Waals surface area contributed by atoms with Crippen LogP contribution in [0, 0.1) is 6.07 Å². The Morgan fingerprint density at radius 1 is 1.50 bits per heavy atom. The summed E-state index contributed by atoms with van der Waals surface area (Å²) >= 11 is 5.79. The number of rotatable bonds is 2. The van der Waals surface area contributed by atoms with Crippen molar-refractivity contribution < 1.29 is 4.74 Å². The molecule has 0 unspecified atom stereocenters. The Morgan fingerprint density at radius 3 is 3.00 bits per heavy atom. The van der Waals surface area contributed by atoms with Gasteiger partial charge in [-0.1, -0.05) is 11.6 Å². The van der Waals surface area contributed by atoms with Crippen LogP contribution in [0.25, 0.3) is 0 Å². The van der Waals surface area contributed by atoms with Crippen molar-refractivity contribution in [2.24, 2.45) is 0 Å². The highest BCUT2D eigenvalue weighted by molar-refractivity contribution is 6.29. The Morgan fingerprint density at radius 2 is 2.29 bits per heavy atom. The number of halogens is 1. The van der Waals surface area contributed by atoms with E-state index in [1.807, 2.05) is 6.07 Å². The molecule has 0 atom stereocenters. The van der Waals surface area contributed by atoms with Crippen LogP contribution in [0.1, 0.15) is 5.69 Å². The summed E-state index contributed by atoms with van der Waals surface area (Å²) in [7, 11) is 0. The Balaban J connectivity index is 1.95. The van der Waals surface area contributed by atoms with E-state index in [2.05, 4.69) is 16.0 Å². The van der Waals surface area contributed by atoms with E-state index in [0.717, 1.165) is 38.5 Å². The number of ether oxygens (including phenoxy) is 1. The van der Waals surface area contributed by atoms with Crippen LogP contribution in [0.5, 0.6) is 0 Å². The van der Waals surface area contributed by atoms with Crippen molar-refractivity contribution >= 4 is 11.6 Å². The SMILES string of the molecule is Clc1cc[c]c(CN2CCOCC2)n1. The summed E-state index contributed by atoms with van der Waals surface area (Å²) in [4.78, 5) is 6.49. The first kappa shape index (κ1) is 9.90. The van der Waals surface area contributed by atoms with Gasteiger partial charge in [-0.25, -0.2) is 4.98 Å². The van der Waals surface area contributed by atoms with Crippen LogP contribution < -0.4 is 0 Å². The van der Waals surface area contributed by atoms with Crippen LogP contribution in [0.4, 0.5) is 0 Å². The molecule has 1 aliphatic heterocycles. The average molecular weight is 212 g/mol. The standard InChI is InChI=1S/C10H12ClN2O/c11-10-3-1-2-9(12-10)8-13-4-6-14-7-5-13/h1,3H,4-8H2. The molecule has 1 radical (unpaired) electrons. The molecule has 1 aromatic heterocycles. The van der Waals surface area contributed by atoms with Gasteiger partial charge in [0.1, 0.15) is 5.15 Å². The van der Waals surface area contributed by atoms with Crippen LogP contribution in [-0.4, -0.2) is 36.2 Å². The van der Waals surface area contributed by atoms with Gasteiger partial charge in [-0.15, -0.1) is 0 Å². The summed E-state index contributed by atoms with van der Waals surface area (Å²) in [5.41, 5.74) is 0.902. The molecule has 0 bridgehead atoms. The second-order valence-electron chi connectivity index (χ2n) is 3.25. The third kappa shape index (κ3) is 2.67. The zero-order valence-corrected chi connectivity index (χ0v) is 8.63. The van der Waals surface area contributed by atoms with Gasteiger partial charge in [0.25, 0.3) is 0 Å². The zero-order valence-electron chi connectivity index (χ0n) is 7.87. The minimum atomic E-state index is 0.534. The molecule has 75 valence electrons. The number of aromatic nitrogens is 1. The van der Waals surface area contributed by atoms with Crippen LogP contribution in [-0.2, 0) is 11.3 Å². The molecule has 0 aromatic carbocycles. The Bertz CT molecular complexity index is 300. The number of hydrogen-bond acceptors (Lipinski definition) is 3. The van der Waals surface area contributed by atoms with Gasteiger partial charge in [0, 0.05) is 25.7 Å². The lowest BCUT2D eigenvalue weighted by Gasteiger charge is -2.25. The fourth-order valence-corrected chi connectivity index (χ4v) is 1.62. The van der Waals surface area contributed by atoms with E-state index in [1.165, 1.54) is 0 Å². The molecule has 3 nitrogen and oxygen atoms in total. The van der Waals surface area contributed by atoms with Gasteiger partial charge in [0.15, 0.2) is 0 Å². The molecule has 0 amide bonds. The maximum Gasteiger partial charge on any atom is 0.129 e. The number of hydrogen-bond donors (Lipinski definition) is 0. The number of pyridine rings is 1. The molecule has 2 rings (SSSR count). The summed E-state index contributed by atoms with van der Waals surface area (Å²) in [5.74, 6) is 0. The molecule has 14 heavy (non-hydrogen) atoms. The fraction of sp³-hybridized carbons (Fsp3) is 0.500. The molecule has 0 aliphatic carbocycles. The second-order valence-corrected chi connectivity index (χ2v) is 3.63. The predicted molar refractivity (Wildman–Crippen MR) is 54.2 cm³/mol. The highest BCUT2D eigenvalue weighted by atomic mass is 35.5. The van der Waals surface area contributed by atoms with Gasteiger partial charge < -0.3 is 4.74 Å². The van der Waals surface area contributed by atoms with Gasteiger partial charge in [0.2, 0.25) is 0 Å². The monoisotopic (exact) mass is 211 g/mol. The normalized spacial score (nSPS) is 18.4. The maximum atomic E-state index is 5.79. The largest absolute Gasteiger partial charge is 0.379 e. The van der Waals surface area contributed by atoms with E-state index < -0.39 is 0 Å². The first-order chi connectivity index (χ1) is 6.84. The van der Waals surface area contributed by atoms with E-state index in [-0.39, 0.29) is 0 Å². The molecule has 0 N–H and O–H groups in total. The summed E-state index contributed by atoms with van der Waals surface area (Å²) < 4.78 is 5.26. The summed E-state index contributed by atoms with van der Waals surface area (Å²) in [6, 6.07) is 6.63. The molecule has 1 saturated heterocycles. The van der Waals surface area contributed by atoms with Crippen LogP contribution in [0.2, 0.25) is 5.15 Å². The highest BCUT2D eigenvalue weighted by Crippen LogP contribution is 2.08. The van der Waals surface area contributed by atoms with Gasteiger partial charge >= 0.3 is 0 Å². The molecule has 1 aliphatic rings. The molecule has 4 heteroatoms. The van der Waals surface area contributed by atoms with Gasteiger partial charge in [-0.05, 0) is 12.1 Å². The average Bonchev–Trinajstić information content (AvgIpc) is 2.19. The van der Waals surface area contributed by atoms with Crippen LogP contribution in [0.15, 0.2) is 12.1 Å². The number of nitrogens with zero attached hydrogens (tertiary/aromatic N) is 2. The highest BCUT2D eigenvalue weighted by Gasteiger charge is 2.11. The Kier molecular flexibility index (Phi) is 3.35. The van der Waals surface area contributed by atoms with Gasteiger partial charge in [0.05, 0.1) is 18.9 Å². The lowest BCUT2D eigenvalue weighted by atomic mass is 10.3. The summed E-state index contributed by atoms with van der Waals surface area (Å²) in [6.07, 6.45) is 0. The van der Waals surface area contributed by atoms with Gasteiger partial charge in [-0.3, -0.25) is 4.90 Å². The van der Waals surface area contributed by atoms with Crippen molar-refractivity contribution in [3.8, 4) is 0 Å². The van der Waals surface area contributed by atoms with Crippen molar-refractivity contribution in [1.29, 1.82) is 0 Å². The molecule has 1 fully saturated rings. The van der Waals surface area contributed by atoms with E-state index in [4.69, 9.17) is 16.3 Å². The van der Waals surface area contributed by atoms with E-state index in [9.17, 15) is 0 Å². The van der Waals surface area contributed by atoms with Gasteiger partial charge in [-0.2, -0.15) is 0 Å². The lowest BCUT2D eigenvalue weighted by Crippen LogP contribution is -2.35. The minimum Gasteiger partial charge on any atom is -0.379 e. The van der Waals surface area contributed by atoms with Crippen molar-refractivity contribution in [2.75, 3.05) is 26.3 Å². The first-order valence-corrected chi connectivity index (χ1v) is 5.05. The van der Waals surface area contributed by atoms with E-state index in [1.54, 1.807) is 6.07 Å². The van der Waals surface area contributed by atoms with Crippen LogP contribution in [0.3, 0.4) is 0 Å². The van der Waals surface area contributed by atoms with Crippen molar-refractivity contribution in [3.63, 3.8) is 0 Å². The van der Waals surface area contributed by atoms with E-state index in [0.29, 0.717) is 5.15 Å². The third-order valence-corrected chi connectivity index (χ3v) is 2.40. The fourth-order valence-electron chi connectivity index (χ4n) is 1.46. The predicted octanol–water partition coefficient (Wildman–Crippen LogP) is 1.37. The van der Waals surface area contributed by atoms with E-state index >= 15 is 0 Å². The third-order valence-electron chi connectivity index (χ3n) is 2.19. The second kappa shape index (κ2) is 4.73. The topological polar surface area (TPSA) is 25.4 Å². The molecule has 1 aromatic rings. The van der Waals surface area contributed by atoms with Crippen molar-refractivity contribution in [3.05, 3.63) is 29.0 Å². The maximum absolute atomic E-state index is 5.79. The van der Waals surface area contributed by atoms with Crippen molar-refractivity contribution in [2.45, 2.75) is 6.54 Å². The molecule has 2 heterocycles. The minimum absolute atomic E-state index is 0.534. The molecule has 0 saturated carbocycles. The number of morpholine rings is 1. The van der Waals surface area contributed by atoms with Crippen LogP contribution >= 0.6 is 11.6 Å². The first-order valence-electron chi connectivity index (χ1n) is 4.68. The molecule has 0 spiro atoms. The quantitative estimate of drug-likeness (QED) is 0.691. The van der Waals surface area contributed by atoms with Crippen molar-refractivity contribution in [1.82, 2.24) is 9.88 Å². The Hall–Kier alpha value is -0.640. The molecular formula is C10H12ClN2O. The lowest BCUT2D eigenvalue weighted by molar-refractivity contribution is 0.0336. The zero-order chi connectivity index (χ0) is 9.80. The molecular weight excluding hydrogens is 200 g/mol. The smallest absolute Gasteiger partial charge is 0.129 e. The summed E-state index contributed by atoms with van der Waals surface area (Å²) in [6.45, 7) is 4.34.